The molecule has 4 nitrogen and oxygen atoms in total. The Labute approximate surface area is 142 Å². The molecule has 2 saturated carbocycles. The van der Waals surface area contributed by atoms with Gasteiger partial charge in [0.1, 0.15) is 17.5 Å². The Morgan fingerprint density at radius 2 is 2.13 bits per heavy atom. The molecule has 5 rings (SSSR count). The monoisotopic (exact) mass is 380 g/mol. The van der Waals surface area contributed by atoms with E-state index < -0.39 is 11.1 Å². The van der Waals surface area contributed by atoms with E-state index in [1.807, 2.05) is 4.90 Å². The third-order valence-electron chi connectivity index (χ3n) is 6.26. The van der Waals surface area contributed by atoms with Gasteiger partial charge >= 0.3 is 0 Å². The molecule has 0 unspecified atom stereocenters. The van der Waals surface area contributed by atoms with Crippen molar-refractivity contribution in [1.82, 2.24) is 9.88 Å². The third-order valence-corrected chi connectivity index (χ3v) is 6.82. The number of likely N-dealkylation sites (tertiary alicyclic amines) is 1. The first-order valence-corrected chi connectivity index (χ1v) is 9.09. The molecule has 3 fully saturated rings. The van der Waals surface area contributed by atoms with Crippen LogP contribution in [0.2, 0.25) is 0 Å². The van der Waals surface area contributed by atoms with E-state index >= 15 is 0 Å². The van der Waals surface area contributed by atoms with Crippen LogP contribution in [0, 0.1) is 5.41 Å². The molecule has 4 aliphatic rings. The number of amides is 1. The fourth-order valence-electron chi connectivity index (χ4n) is 5.10. The number of carbonyl (C=O) groups excluding carboxylic acids is 1. The summed E-state index contributed by atoms with van der Waals surface area (Å²) >= 11 is 3.49. The number of pyridine rings is 1. The molecule has 1 aromatic rings. The van der Waals surface area contributed by atoms with Crippen LogP contribution in [0.15, 0.2) is 16.9 Å². The minimum atomic E-state index is -1.09. The highest BCUT2D eigenvalue weighted by molar-refractivity contribution is 9.10. The van der Waals surface area contributed by atoms with Crippen molar-refractivity contribution in [2.45, 2.75) is 56.3 Å². The summed E-state index contributed by atoms with van der Waals surface area (Å²) in [6, 6.07) is 0.0193. The van der Waals surface area contributed by atoms with Gasteiger partial charge in [-0.2, -0.15) is 0 Å². The summed E-state index contributed by atoms with van der Waals surface area (Å²) < 4.78 is 21.4. The minimum absolute atomic E-state index is 0.0193. The van der Waals surface area contributed by atoms with Crippen molar-refractivity contribution in [2.24, 2.45) is 5.41 Å². The lowest BCUT2D eigenvalue weighted by Crippen LogP contribution is -2.41. The Bertz CT molecular complexity index is 702. The largest absolute Gasteiger partial charge is 0.487 e. The number of aromatic nitrogens is 1. The van der Waals surface area contributed by atoms with Gasteiger partial charge in [-0.1, -0.05) is 0 Å². The number of nitrogens with zero attached hydrogens (tertiary/aromatic N) is 2. The summed E-state index contributed by atoms with van der Waals surface area (Å²) in [7, 11) is 0. The average molecular weight is 381 g/mol. The number of rotatable bonds is 1. The van der Waals surface area contributed by atoms with Crippen LogP contribution in [0.25, 0.3) is 0 Å². The van der Waals surface area contributed by atoms with E-state index in [0.717, 1.165) is 22.2 Å². The summed E-state index contributed by atoms with van der Waals surface area (Å²) in [6.45, 7) is 0.603. The molecule has 1 amide bonds. The van der Waals surface area contributed by atoms with Gasteiger partial charge in [0.2, 0.25) is 5.91 Å². The average Bonchev–Trinajstić information content (AvgIpc) is 3.18. The maximum Gasteiger partial charge on any atom is 0.229 e. The molecule has 0 aromatic carbocycles. The summed E-state index contributed by atoms with van der Waals surface area (Å²) in [6.07, 6.45) is 7.25. The number of carbonyl (C=O) groups is 1. The number of alkyl halides is 1. The van der Waals surface area contributed by atoms with E-state index in [1.54, 1.807) is 12.4 Å². The fourth-order valence-corrected chi connectivity index (χ4v) is 5.54. The zero-order chi connectivity index (χ0) is 15.8. The standard InChI is InChI=1S/C17H18BrFN2O2/c18-12-7-20-6-11-13-5-10(23-14(11)12)8-21(13)15(22)16-1-3-17(19,9-16)4-2-16/h6-7,10,13H,1-5,8-9H2/t10-,13-,16?,17?/m0/s1. The van der Waals surface area contributed by atoms with Crippen LogP contribution in [0.4, 0.5) is 4.39 Å². The lowest BCUT2D eigenvalue weighted by molar-refractivity contribution is -0.142. The van der Waals surface area contributed by atoms with Crippen LogP contribution in [0.1, 0.15) is 50.1 Å². The first kappa shape index (κ1) is 14.2. The van der Waals surface area contributed by atoms with Crippen LogP contribution in [0.5, 0.6) is 5.75 Å². The molecule has 6 heteroatoms. The van der Waals surface area contributed by atoms with Gasteiger partial charge in [0.25, 0.3) is 0 Å². The van der Waals surface area contributed by atoms with Crippen molar-refractivity contribution < 1.29 is 13.9 Å². The quantitative estimate of drug-likeness (QED) is 0.747. The summed E-state index contributed by atoms with van der Waals surface area (Å²) in [5.74, 6) is 0.949. The molecule has 2 aliphatic heterocycles. The maximum absolute atomic E-state index is 14.5. The molecule has 122 valence electrons. The second kappa shape index (κ2) is 4.47. The predicted molar refractivity (Wildman–Crippen MR) is 84.8 cm³/mol. The van der Waals surface area contributed by atoms with Crippen LogP contribution in [-0.4, -0.2) is 34.1 Å². The zero-order valence-corrected chi connectivity index (χ0v) is 14.3. The molecule has 4 bridgehead atoms. The topological polar surface area (TPSA) is 42.4 Å². The highest BCUT2D eigenvalue weighted by Gasteiger charge is 2.61. The molecule has 0 radical (unpaired) electrons. The molecule has 23 heavy (non-hydrogen) atoms. The van der Waals surface area contributed by atoms with Gasteiger partial charge in [0.05, 0.1) is 22.5 Å². The van der Waals surface area contributed by atoms with Gasteiger partial charge < -0.3 is 9.64 Å². The van der Waals surface area contributed by atoms with Crippen molar-refractivity contribution in [2.75, 3.05) is 6.54 Å². The minimum Gasteiger partial charge on any atom is -0.487 e. The van der Waals surface area contributed by atoms with Crippen molar-refractivity contribution >= 4 is 21.8 Å². The van der Waals surface area contributed by atoms with Gasteiger partial charge in [-0.15, -0.1) is 0 Å². The molecule has 1 saturated heterocycles. The molecular weight excluding hydrogens is 363 g/mol. The van der Waals surface area contributed by atoms with Gasteiger partial charge in [-0.3, -0.25) is 9.78 Å². The molecule has 2 atom stereocenters. The van der Waals surface area contributed by atoms with E-state index in [9.17, 15) is 9.18 Å². The first-order valence-electron chi connectivity index (χ1n) is 8.30. The predicted octanol–water partition coefficient (Wildman–Crippen LogP) is 3.55. The maximum atomic E-state index is 14.5. The van der Waals surface area contributed by atoms with Crippen molar-refractivity contribution in [3.05, 3.63) is 22.4 Å². The number of halogens is 2. The second-order valence-electron chi connectivity index (χ2n) is 7.60. The molecule has 0 N–H and O–H groups in total. The molecule has 2 aliphatic carbocycles. The van der Waals surface area contributed by atoms with Gasteiger partial charge in [0.15, 0.2) is 0 Å². The van der Waals surface area contributed by atoms with Gasteiger partial charge in [0, 0.05) is 24.4 Å². The first-order chi connectivity index (χ1) is 11.0. The Kier molecular flexibility index (Phi) is 2.76. The smallest absolute Gasteiger partial charge is 0.229 e. The Morgan fingerprint density at radius 1 is 1.35 bits per heavy atom. The normalized spacial score (nSPS) is 40.2. The highest BCUT2D eigenvalue weighted by atomic mass is 79.9. The van der Waals surface area contributed by atoms with E-state index in [-0.39, 0.29) is 18.1 Å². The van der Waals surface area contributed by atoms with Gasteiger partial charge in [-0.25, -0.2) is 4.39 Å². The van der Waals surface area contributed by atoms with Crippen LogP contribution >= 0.6 is 15.9 Å². The van der Waals surface area contributed by atoms with Crippen LogP contribution < -0.4 is 4.74 Å². The summed E-state index contributed by atoms with van der Waals surface area (Å²) in [5.41, 5.74) is -0.588. The third kappa shape index (κ3) is 1.87. The zero-order valence-electron chi connectivity index (χ0n) is 12.7. The molecule has 0 spiro atoms. The Balaban J connectivity index is 1.50. The number of fused-ring (bicyclic) bond motifs is 6. The molecular formula is C17H18BrFN2O2. The second-order valence-corrected chi connectivity index (χ2v) is 8.45. The van der Waals surface area contributed by atoms with Crippen molar-refractivity contribution in [3.63, 3.8) is 0 Å². The van der Waals surface area contributed by atoms with E-state index in [4.69, 9.17) is 4.74 Å². The van der Waals surface area contributed by atoms with Crippen molar-refractivity contribution in [1.29, 1.82) is 0 Å². The lowest BCUT2D eigenvalue weighted by atomic mass is 9.82. The lowest BCUT2D eigenvalue weighted by Gasteiger charge is -2.33. The van der Waals surface area contributed by atoms with Crippen LogP contribution in [-0.2, 0) is 4.79 Å². The fraction of sp³-hybridized carbons (Fsp3) is 0.647. The Morgan fingerprint density at radius 3 is 2.83 bits per heavy atom. The number of hydrogen-bond acceptors (Lipinski definition) is 3. The van der Waals surface area contributed by atoms with E-state index in [1.165, 1.54) is 0 Å². The summed E-state index contributed by atoms with van der Waals surface area (Å²) in [4.78, 5) is 19.5. The number of ether oxygens (including phenoxy) is 1. The highest BCUT2D eigenvalue weighted by Crippen LogP contribution is 2.60. The van der Waals surface area contributed by atoms with E-state index in [2.05, 4.69) is 20.9 Å². The number of hydrogen-bond donors (Lipinski definition) is 0. The molecule has 3 heterocycles. The van der Waals surface area contributed by atoms with Gasteiger partial charge in [-0.05, 0) is 48.0 Å². The summed E-state index contributed by atoms with van der Waals surface area (Å²) in [5, 5.41) is 0. The van der Waals surface area contributed by atoms with Crippen LogP contribution in [0.3, 0.4) is 0 Å². The molecule has 1 aromatic heterocycles. The van der Waals surface area contributed by atoms with E-state index in [0.29, 0.717) is 38.6 Å². The Hall–Kier alpha value is -1.17. The SMILES string of the molecule is O=C(N1C[C@@H]2C[C@H]1c1cncc(Br)c1O2)C12CCC(F)(CC1)C2. The van der Waals surface area contributed by atoms with Crippen molar-refractivity contribution in [3.8, 4) is 5.75 Å².